The zero-order valence-corrected chi connectivity index (χ0v) is 17.0. The maximum Gasteiger partial charge on any atom is 0.270 e. The van der Waals surface area contributed by atoms with Gasteiger partial charge in [-0.3, -0.25) is 9.69 Å². The van der Waals surface area contributed by atoms with Crippen LogP contribution in [0.15, 0.2) is 29.6 Å². The normalized spacial score (nSPS) is 15.3. The first kappa shape index (κ1) is 23.7. The highest BCUT2D eigenvalue weighted by atomic mass is 35.5. The second kappa shape index (κ2) is 11.5. The number of thiazole rings is 1. The third-order valence-electron chi connectivity index (χ3n) is 4.13. The number of benzene rings is 1. The fourth-order valence-electron chi connectivity index (χ4n) is 2.85. The number of carbonyl (C=O) groups excluding carboxylic acids is 1. The summed E-state index contributed by atoms with van der Waals surface area (Å²) >= 11 is 1.37. The van der Waals surface area contributed by atoms with E-state index in [-0.39, 0.29) is 42.6 Å². The van der Waals surface area contributed by atoms with Crippen molar-refractivity contribution in [2.75, 3.05) is 32.8 Å². The monoisotopic (exact) mass is 436 g/mol. The number of ether oxygens (including phenoxy) is 1. The van der Waals surface area contributed by atoms with Gasteiger partial charge < -0.3 is 15.8 Å². The molecule has 1 aromatic carbocycles. The van der Waals surface area contributed by atoms with E-state index < -0.39 is 0 Å². The van der Waals surface area contributed by atoms with Crippen LogP contribution in [0.5, 0.6) is 0 Å². The molecule has 0 saturated carbocycles. The van der Waals surface area contributed by atoms with Crippen LogP contribution in [0.25, 0.3) is 0 Å². The van der Waals surface area contributed by atoms with E-state index in [4.69, 9.17) is 10.5 Å². The fourth-order valence-corrected chi connectivity index (χ4v) is 3.50. The molecule has 27 heavy (non-hydrogen) atoms. The van der Waals surface area contributed by atoms with Crippen LogP contribution in [-0.2, 0) is 11.3 Å². The van der Waals surface area contributed by atoms with Crippen molar-refractivity contribution in [3.8, 4) is 0 Å². The first-order valence-corrected chi connectivity index (χ1v) is 9.05. The summed E-state index contributed by atoms with van der Waals surface area (Å²) in [6, 6.07) is 6.39. The molecular weight excluding hydrogens is 414 g/mol. The van der Waals surface area contributed by atoms with Crippen molar-refractivity contribution in [2.45, 2.75) is 12.6 Å². The number of morpholine rings is 1. The Hall–Kier alpha value is -1.29. The first-order valence-electron chi connectivity index (χ1n) is 8.17. The largest absolute Gasteiger partial charge is 0.379 e. The van der Waals surface area contributed by atoms with Gasteiger partial charge in [-0.1, -0.05) is 12.1 Å². The van der Waals surface area contributed by atoms with Gasteiger partial charge in [0.15, 0.2) is 0 Å². The second-order valence-electron chi connectivity index (χ2n) is 5.76. The lowest BCUT2D eigenvalue weighted by atomic mass is 10.0. The molecule has 3 N–H and O–H groups in total. The molecule has 0 spiro atoms. The number of nitrogens with zero attached hydrogens (tertiary/aromatic N) is 2. The van der Waals surface area contributed by atoms with Gasteiger partial charge in [-0.15, -0.1) is 36.2 Å². The molecule has 1 aliphatic heterocycles. The number of nitrogens with two attached hydrogens (primary N) is 1. The van der Waals surface area contributed by atoms with Crippen LogP contribution in [0.4, 0.5) is 4.39 Å². The predicted octanol–water partition coefficient (Wildman–Crippen LogP) is 2.39. The third-order valence-corrected chi connectivity index (χ3v) is 5.01. The minimum absolute atomic E-state index is 0. The summed E-state index contributed by atoms with van der Waals surface area (Å²) in [6.07, 6.45) is 0. The number of aromatic nitrogens is 1. The fraction of sp³-hybridized carbons (Fsp3) is 0.412. The lowest BCUT2D eigenvalue weighted by molar-refractivity contribution is 0.0161. The molecule has 1 aliphatic rings. The summed E-state index contributed by atoms with van der Waals surface area (Å²) in [5.41, 5.74) is 6.74. The molecule has 3 rings (SSSR count). The van der Waals surface area contributed by atoms with Crippen molar-refractivity contribution in [1.29, 1.82) is 0 Å². The average molecular weight is 437 g/mol. The highest BCUT2D eigenvalue weighted by Gasteiger charge is 2.24. The quantitative estimate of drug-likeness (QED) is 0.726. The van der Waals surface area contributed by atoms with E-state index >= 15 is 0 Å². The van der Waals surface area contributed by atoms with E-state index in [2.05, 4.69) is 15.2 Å². The zero-order valence-electron chi connectivity index (χ0n) is 14.6. The zero-order chi connectivity index (χ0) is 17.6. The summed E-state index contributed by atoms with van der Waals surface area (Å²) in [5, 5.41) is 5.33. The van der Waals surface area contributed by atoms with Gasteiger partial charge in [-0.05, 0) is 17.7 Å². The van der Waals surface area contributed by atoms with Crippen LogP contribution in [0.2, 0.25) is 0 Å². The molecule has 1 fully saturated rings. The number of nitrogens with one attached hydrogen (secondary N) is 1. The molecule has 1 amide bonds. The SMILES string of the molecule is Cl.Cl.NCc1nc(C(=O)NCC(c2cccc(F)c2)N2CCOCC2)cs1. The molecule has 10 heteroatoms. The van der Waals surface area contributed by atoms with Crippen molar-refractivity contribution in [3.05, 3.63) is 51.7 Å². The van der Waals surface area contributed by atoms with E-state index in [1.165, 1.54) is 23.5 Å². The second-order valence-corrected chi connectivity index (χ2v) is 6.70. The number of hydrogen-bond acceptors (Lipinski definition) is 6. The van der Waals surface area contributed by atoms with Crippen molar-refractivity contribution < 1.29 is 13.9 Å². The van der Waals surface area contributed by atoms with Crippen LogP contribution in [-0.4, -0.2) is 48.6 Å². The van der Waals surface area contributed by atoms with Crippen molar-refractivity contribution in [3.63, 3.8) is 0 Å². The number of carbonyl (C=O) groups is 1. The Labute approximate surface area is 174 Å². The van der Waals surface area contributed by atoms with Crippen molar-refractivity contribution >= 4 is 42.1 Å². The van der Waals surface area contributed by atoms with Crippen LogP contribution in [0.1, 0.15) is 27.1 Å². The van der Waals surface area contributed by atoms with E-state index in [9.17, 15) is 9.18 Å². The molecule has 1 atom stereocenters. The summed E-state index contributed by atoms with van der Waals surface area (Å²) in [6.45, 7) is 3.43. The molecule has 0 aliphatic carbocycles. The van der Waals surface area contributed by atoms with Gasteiger partial charge in [0, 0.05) is 31.6 Å². The van der Waals surface area contributed by atoms with Gasteiger partial charge in [-0.2, -0.15) is 0 Å². The van der Waals surface area contributed by atoms with Crippen LogP contribution < -0.4 is 11.1 Å². The lowest BCUT2D eigenvalue weighted by Gasteiger charge is -2.34. The molecule has 2 aromatic rings. The minimum Gasteiger partial charge on any atom is -0.379 e. The number of rotatable bonds is 6. The molecule has 1 unspecified atom stereocenters. The van der Waals surface area contributed by atoms with Gasteiger partial charge in [0.05, 0.1) is 19.3 Å². The van der Waals surface area contributed by atoms with Gasteiger partial charge in [-0.25, -0.2) is 9.37 Å². The Kier molecular flexibility index (Phi) is 10.1. The molecule has 1 aromatic heterocycles. The van der Waals surface area contributed by atoms with E-state index in [0.717, 1.165) is 23.7 Å². The Bertz CT molecular complexity index is 728. The maximum atomic E-state index is 13.6. The van der Waals surface area contributed by atoms with Crippen molar-refractivity contribution in [2.24, 2.45) is 5.73 Å². The number of amides is 1. The van der Waals surface area contributed by atoms with Crippen LogP contribution in [0.3, 0.4) is 0 Å². The smallest absolute Gasteiger partial charge is 0.270 e. The Morgan fingerprint density at radius 1 is 1.37 bits per heavy atom. The molecule has 150 valence electrons. The summed E-state index contributed by atoms with van der Waals surface area (Å²) < 4.78 is 19.0. The van der Waals surface area contributed by atoms with E-state index in [1.807, 2.05) is 6.07 Å². The van der Waals surface area contributed by atoms with Gasteiger partial charge in [0.2, 0.25) is 0 Å². The highest BCUT2D eigenvalue weighted by molar-refractivity contribution is 7.09. The summed E-state index contributed by atoms with van der Waals surface area (Å²) in [4.78, 5) is 18.7. The molecular formula is C17H23Cl2FN4O2S. The summed E-state index contributed by atoms with van der Waals surface area (Å²) in [7, 11) is 0. The minimum atomic E-state index is -0.283. The average Bonchev–Trinajstić information content (AvgIpc) is 3.12. The van der Waals surface area contributed by atoms with Crippen molar-refractivity contribution in [1.82, 2.24) is 15.2 Å². The topological polar surface area (TPSA) is 80.5 Å². The van der Waals surface area contributed by atoms with E-state index in [1.54, 1.807) is 11.4 Å². The Morgan fingerprint density at radius 3 is 2.74 bits per heavy atom. The third kappa shape index (κ3) is 6.38. The van der Waals surface area contributed by atoms with Crippen LogP contribution in [0, 0.1) is 5.82 Å². The lowest BCUT2D eigenvalue weighted by Crippen LogP contribution is -2.43. The standard InChI is InChI=1S/C17H21FN4O2S.2ClH/c18-13-3-1-2-12(8-13)15(22-4-6-24-7-5-22)10-20-17(23)14-11-25-16(9-19)21-14;;/h1-3,8,11,15H,4-7,9-10,19H2,(H,20,23);2*1H. The van der Waals surface area contributed by atoms with Gasteiger partial charge in [0.1, 0.15) is 16.5 Å². The first-order chi connectivity index (χ1) is 12.2. The maximum absolute atomic E-state index is 13.6. The molecule has 6 nitrogen and oxygen atoms in total. The van der Waals surface area contributed by atoms with Gasteiger partial charge >= 0.3 is 0 Å². The van der Waals surface area contributed by atoms with Crippen LogP contribution >= 0.6 is 36.2 Å². The molecule has 2 heterocycles. The van der Waals surface area contributed by atoms with Gasteiger partial charge in [0.25, 0.3) is 5.91 Å². The molecule has 0 radical (unpaired) electrons. The summed E-state index contributed by atoms with van der Waals surface area (Å²) in [5.74, 6) is -0.528. The number of hydrogen-bond donors (Lipinski definition) is 2. The molecule has 0 bridgehead atoms. The molecule has 1 saturated heterocycles. The Morgan fingerprint density at radius 2 is 2.11 bits per heavy atom. The highest BCUT2D eigenvalue weighted by Crippen LogP contribution is 2.22. The Balaban J connectivity index is 0.00000182. The number of halogens is 3. The predicted molar refractivity (Wildman–Crippen MR) is 108 cm³/mol. The van der Waals surface area contributed by atoms with E-state index in [0.29, 0.717) is 32.0 Å².